The van der Waals surface area contributed by atoms with Gasteiger partial charge in [-0.1, -0.05) is 13.0 Å². The summed E-state index contributed by atoms with van der Waals surface area (Å²) in [4.78, 5) is 15.5. The largest absolute Gasteiger partial charge is 0.493 e. The van der Waals surface area contributed by atoms with Crippen LogP contribution in [0, 0.1) is 0 Å². The molecule has 1 aromatic carbocycles. The summed E-state index contributed by atoms with van der Waals surface area (Å²) < 4.78 is 11.2. The molecule has 1 saturated heterocycles. The summed E-state index contributed by atoms with van der Waals surface area (Å²) in [6, 6.07) is 6.48. The molecule has 1 fully saturated rings. The Morgan fingerprint density at radius 1 is 1.31 bits per heavy atom. The van der Waals surface area contributed by atoms with Crippen molar-refractivity contribution < 1.29 is 19.4 Å². The molecule has 26 heavy (non-hydrogen) atoms. The van der Waals surface area contributed by atoms with Crippen LogP contribution in [0.15, 0.2) is 18.2 Å². The highest BCUT2D eigenvalue weighted by Gasteiger charge is 2.25. The molecular weight excluding hydrogens is 332 g/mol. The van der Waals surface area contributed by atoms with Gasteiger partial charge < -0.3 is 14.6 Å². The first-order chi connectivity index (χ1) is 12.4. The van der Waals surface area contributed by atoms with E-state index in [2.05, 4.69) is 15.9 Å². The molecule has 1 N–H and O–H groups in total. The van der Waals surface area contributed by atoms with E-state index in [1.165, 1.54) is 5.56 Å². The van der Waals surface area contributed by atoms with Gasteiger partial charge in [-0.25, -0.2) is 0 Å². The van der Waals surface area contributed by atoms with E-state index in [1.807, 2.05) is 32.9 Å². The number of benzene rings is 1. The molecule has 0 aromatic heterocycles. The number of hydrogen-bond acceptors (Lipinski definition) is 5. The monoisotopic (exact) mass is 364 g/mol. The number of piperidine rings is 1. The third-order valence-corrected chi connectivity index (χ3v) is 4.81. The summed E-state index contributed by atoms with van der Waals surface area (Å²) in [6.07, 6.45) is 2.13. The Bertz CT molecular complexity index is 583. The third-order valence-electron chi connectivity index (χ3n) is 4.81. The van der Waals surface area contributed by atoms with Gasteiger partial charge >= 0.3 is 5.97 Å². The first-order valence-corrected chi connectivity index (χ1v) is 9.44. The highest BCUT2D eigenvalue weighted by Crippen LogP contribution is 2.30. The Hall–Kier alpha value is -1.79. The lowest BCUT2D eigenvalue weighted by Gasteiger charge is -2.37. The van der Waals surface area contributed by atoms with Crippen LogP contribution in [0.1, 0.15) is 39.2 Å². The summed E-state index contributed by atoms with van der Waals surface area (Å²) in [5.41, 5.74) is 1.20. The Labute approximate surface area is 156 Å². The number of carboxylic acid groups (broad SMARTS) is 1. The van der Waals surface area contributed by atoms with Crippen LogP contribution < -0.4 is 9.47 Å². The summed E-state index contributed by atoms with van der Waals surface area (Å²) in [5.74, 6) is 0.798. The zero-order valence-electron chi connectivity index (χ0n) is 16.4. The minimum absolute atomic E-state index is 0.112. The maximum Gasteiger partial charge on any atom is 0.317 e. The number of likely N-dealkylation sites (tertiary alicyclic amines) is 1. The van der Waals surface area contributed by atoms with Crippen molar-refractivity contribution in [2.75, 3.05) is 33.3 Å². The highest BCUT2D eigenvalue weighted by atomic mass is 16.5. The second-order valence-electron chi connectivity index (χ2n) is 7.12. The summed E-state index contributed by atoms with van der Waals surface area (Å²) in [6.45, 7) is 9.78. The molecule has 0 unspecified atom stereocenters. The zero-order valence-corrected chi connectivity index (χ0v) is 16.4. The molecule has 1 aliphatic heterocycles. The van der Waals surface area contributed by atoms with Crippen molar-refractivity contribution in [1.29, 1.82) is 0 Å². The molecule has 1 aromatic rings. The number of carboxylic acids is 1. The molecule has 0 radical (unpaired) electrons. The van der Waals surface area contributed by atoms with Crippen LogP contribution in [0.3, 0.4) is 0 Å². The number of hydrogen-bond donors (Lipinski definition) is 1. The number of aliphatic carboxylic acids is 1. The van der Waals surface area contributed by atoms with Gasteiger partial charge in [-0.2, -0.15) is 0 Å². The summed E-state index contributed by atoms with van der Waals surface area (Å²) in [5, 5.41) is 9.04. The van der Waals surface area contributed by atoms with Crippen molar-refractivity contribution in [3.63, 3.8) is 0 Å². The summed E-state index contributed by atoms with van der Waals surface area (Å²) >= 11 is 0. The van der Waals surface area contributed by atoms with Gasteiger partial charge in [0.15, 0.2) is 11.5 Å². The number of carbonyl (C=O) groups is 1. The lowest BCUT2D eigenvalue weighted by atomic mass is 10.0. The van der Waals surface area contributed by atoms with Crippen molar-refractivity contribution in [3.05, 3.63) is 23.8 Å². The lowest BCUT2D eigenvalue weighted by molar-refractivity contribution is -0.139. The van der Waals surface area contributed by atoms with Gasteiger partial charge in [0.1, 0.15) is 0 Å². The van der Waals surface area contributed by atoms with Crippen molar-refractivity contribution in [2.24, 2.45) is 0 Å². The number of rotatable bonds is 9. The van der Waals surface area contributed by atoms with Crippen LogP contribution in [-0.2, 0) is 11.3 Å². The fourth-order valence-electron chi connectivity index (χ4n) is 3.54. The molecule has 146 valence electrons. The van der Waals surface area contributed by atoms with E-state index >= 15 is 0 Å². The molecule has 0 saturated carbocycles. The van der Waals surface area contributed by atoms with E-state index in [0.717, 1.165) is 50.5 Å². The third kappa shape index (κ3) is 5.88. The minimum Gasteiger partial charge on any atom is -0.493 e. The van der Waals surface area contributed by atoms with Crippen LogP contribution >= 0.6 is 0 Å². The zero-order chi connectivity index (χ0) is 19.1. The van der Waals surface area contributed by atoms with Gasteiger partial charge in [-0.05, 0) is 64.0 Å². The molecule has 0 amide bonds. The molecule has 1 heterocycles. The molecule has 0 atom stereocenters. The quantitative estimate of drug-likeness (QED) is 0.727. The second kappa shape index (κ2) is 9.78. The van der Waals surface area contributed by atoms with Crippen molar-refractivity contribution >= 4 is 5.97 Å². The van der Waals surface area contributed by atoms with E-state index in [9.17, 15) is 4.79 Å². The van der Waals surface area contributed by atoms with Gasteiger partial charge in [-0.15, -0.1) is 0 Å². The van der Waals surface area contributed by atoms with E-state index < -0.39 is 5.97 Å². The Balaban J connectivity index is 1.91. The average molecular weight is 364 g/mol. The molecule has 1 aliphatic rings. The number of nitrogens with zero attached hydrogens (tertiary/aromatic N) is 2. The fourth-order valence-corrected chi connectivity index (χ4v) is 3.54. The average Bonchev–Trinajstić information content (AvgIpc) is 2.61. The molecular formula is C20H32N2O4. The van der Waals surface area contributed by atoms with Crippen LogP contribution in [0.25, 0.3) is 0 Å². The number of ether oxygens (including phenoxy) is 2. The van der Waals surface area contributed by atoms with Crippen molar-refractivity contribution in [3.8, 4) is 11.5 Å². The standard InChI is InChI=1S/C20H32N2O4/c1-5-22(14-20(23)24)17-8-10-21(11-9-17)13-16-6-7-18(26-15(2)3)19(12-16)25-4/h6-7,12,15,17H,5,8-11,13-14H2,1-4H3,(H,23,24). The maximum absolute atomic E-state index is 11.0. The Morgan fingerprint density at radius 2 is 2.00 bits per heavy atom. The van der Waals surface area contributed by atoms with Gasteiger partial charge in [0.2, 0.25) is 0 Å². The smallest absolute Gasteiger partial charge is 0.317 e. The Morgan fingerprint density at radius 3 is 2.54 bits per heavy atom. The van der Waals surface area contributed by atoms with Crippen LogP contribution in [0.2, 0.25) is 0 Å². The molecule has 0 bridgehead atoms. The van der Waals surface area contributed by atoms with Gasteiger partial charge in [-0.3, -0.25) is 14.6 Å². The normalized spacial score (nSPS) is 16.2. The van der Waals surface area contributed by atoms with Crippen molar-refractivity contribution in [1.82, 2.24) is 9.80 Å². The predicted molar refractivity (Wildman–Crippen MR) is 102 cm³/mol. The van der Waals surface area contributed by atoms with Gasteiger partial charge in [0.25, 0.3) is 0 Å². The predicted octanol–water partition coefficient (Wildman–Crippen LogP) is 2.85. The first kappa shape index (κ1) is 20.5. The van der Waals surface area contributed by atoms with E-state index in [4.69, 9.17) is 14.6 Å². The number of likely N-dealkylation sites (N-methyl/N-ethyl adjacent to an activating group) is 1. The molecule has 6 heteroatoms. The molecule has 0 spiro atoms. The molecule has 2 rings (SSSR count). The van der Waals surface area contributed by atoms with E-state index in [1.54, 1.807) is 7.11 Å². The summed E-state index contributed by atoms with van der Waals surface area (Å²) in [7, 11) is 1.67. The topological polar surface area (TPSA) is 62.2 Å². The number of methoxy groups -OCH3 is 1. The Kier molecular flexibility index (Phi) is 7.72. The van der Waals surface area contributed by atoms with Crippen LogP contribution in [-0.4, -0.2) is 66.3 Å². The highest BCUT2D eigenvalue weighted by molar-refractivity contribution is 5.69. The fraction of sp³-hybridized carbons (Fsp3) is 0.650. The molecule has 0 aliphatic carbocycles. The van der Waals surface area contributed by atoms with E-state index in [-0.39, 0.29) is 12.6 Å². The van der Waals surface area contributed by atoms with Gasteiger partial charge in [0, 0.05) is 12.6 Å². The SMILES string of the molecule is CCN(CC(=O)O)C1CCN(Cc2ccc(OC(C)C)c(OC)c2)CC1. The first-order valence-electron chi connectivity index (χ1n) is 9.44. The van der Waals surface area contributed by atoms with Gasteiger partial charge in [0.05, 0.1) is 19.8 Å². The lowest BCUT2D eigenvalue weighted by Crippen LogP contribution is -2.46. The van der Waals surface area contributed by atoms with Crippen molar-refractivity contribution in [2.45, 2.75) is 52.3 Å². The molecule has 6 nitrogen and oxygen atoms in total. The van der Waals surface area contributed by atoms with Crippen LogP contribution in [0.5, 0.6) is 11.5 Å². The van der Waals surface area contributed by atoms with Crippen LogP contribution in [0.4, 0.5) is 0 Å². The van der Waals surface area contributed by atoms with E-state index in [0.29, 0.717) is 6.04 Å². The second-order valence-corrected chi connectivity index (χ2v) is 7.12. The minimum atomic E-state index is -0.745. The maximum atomic E-state index is 11.0.